The molecule has 0 saturated carbocycles. The predicted molar refractivity (Wildman–Crippen MR) is 163 cm³/mol. The Morgan fingerprint density at radius 3 is 2.15 bits per heavy atom. The molecule has 2 saturated heterocycles. The monoisotopic (exact) mass is 638 g/mol. The molecule has 0 spiro atoms. The van der Waals surface area contributed by atoms with Crippen LogP contribution in [0.4, 0.5) is 18.9 Å². The van der Waals surface area contributed by atoms with Crippen LogP contribution in [0.2, 0.25) is 5.02 Å². The van der Waals surface area contributed by atoms with E-state index in [9.17, 15) is 18.0 Å². The molecule has 3 atom stereocenters. The molecule has 0 N–H and O–H groups in total. The van der Waals surface area contributed by atoms with Gasteiger partial charge in [0.15, 0.2) is 0 Å². The van der Waals surface area contributed by atoms with Crippen LogP contribution < -0.4 is 4.90 Å². The maximum Gasteiger partial charge on any atom is 0.416 e. The number of carbonyl (C=O) groups excluding carboxylic acids is 1. The van der Waals surface area contributed by atoms with Crippen molar-refractivity contribution in [1.82, 2.24) is 14.7 Å². The SMILES string of the molecule is CC1CN(CCN2CCN(C(=O)c3cc(N(C)C)cc(C(F)(F)F)c3)[C@H](Cc3ccc(Cl)cc3)C2)CC(C)O1.Cl.Cl. The number of nitrogens with zero attached hydrogens (tertiary/aromatic N) is 4. The predicted octanol–water partition coefficient (Wildman–Crippen LogP) is 5.75. The molecule has 2 aromatic carbocycles. The standard InChI is InChI=1S/C29H38ClF3N4O2.2ClH/c1-20-17-36(18-21(2)39-20)10-9-35-11-12-37(27(19-35)13-22-5-7-25(30)8-6-22)28(38)23-14-24(29(31,32)33)16-26(15-23)34(3)4;;/h5-8,14-16,20-21,27H,9-13,17-19H2,1-4H3;2*1H/t20?,21?,27-;;/m1../s1. The lowest BCUT2D eigenvalue weighted by Gasteiger charge is -2.43. The lowest BCUT2D eigenvalue weighted by Crippen LogP contribution is -2.57. The second kappa shape index (κ2) is 15.1. The second-order valence-electron chi connectivity index (χ2n) is 11.0. The molecule has 2 aromatic rings. The summed E-state index contributed by atoms with van der Waals surface area (Å²) >= 11 is 6.08. The Balaban J connectivity index is 0.00000294. The molecule has 0 aliphatic carbocycles. The topological polar surface area (TPSA) is 39.3 Å². The summed E-state index contributed by atoms with van der Waals surface area (Å²) in [6.07, 6.45) is -3.57. The van der Waals surface area contributed by atoms with Gasteiger partial charge >= 0.3 is 6.18 Å². The van der Waals surface area contributed by atoms with Crippen LogP contribution in [-0.4, -0.2) is 98.8 Å². The molecule has 2 unspecified atom stereocenters. The molecular weight excluding hydrogens is 600 g/mol. The second-order valence-corrected chi connectivity index (χ2v) is 11.4. The molecule has 0 aromatic heterocycles. The first-order chi connectivity index (χ1) is 18.4. The average molecular weight is 640 g/mol. The number of halogens is 6. The number of amides is 1. The molecule has 6 nitrogen and oxygen atoms in total. The maximum absolute atomic E-state index is 13.8. The number of piperazine rings is 1. The van der Waals surface area contributed by atoms with Crippen LogP contribution in [0.1, 0.15) is 35.3 Å². The van der Waals surface area contributed by atoms with Crippen molar-refractivity contribution in [3.05, 3.63) is 64.2 Å². The summed E-state index contributed by atoms with van der Waals surface area (Å²) in [6, 6.07) is 10.9. The molecule has 12 heteroatoms. The third kappa shape index (κ3) is 9.63. The number of hydrogen-bond acceptors (Lipinski definition) is 5. The minimum Gasteiger partial charge on any atom is -0.378 e. The summed E-state index contributed by atoms with van der Waals surface area (Å²) in [6.45, 7) is 9.46. The van der Waals surface area contributed by atoms with Crippen LogP contribution in [0.25, 0.3) is 0 Å². The zero-order valence-electron chi connectivity index (χ0n) is 23.9. The number of alkyl halides is 3. The van der Waals surface area contributed by atoms with Gasteiger partial charge in [-0.15, -0.1) is 24.8 Å². The van der Waals surface area contributed by atoms with Gasteiger partial charge in [0.25, 0.3) is 5.91 Å². The van der Waals surface area contributed by atoms with Crippen LogP contribution in [0.15, 0.2) is 42.5 Å². The highest BCUT2D eigenvalue weighted by Gasteiger charge is 2.35. The van der Waals surface area contributed by atoms with Crippen molar-refractivity contribution in [2.75, 3.05) is 64.8 Å². The van der Waals surface area contributed by atoms with Crippen LogP contribution in [0, 0.1) is 0 Å². The molecular formula is C29H40Cl3F3N4O2. The van der Waals surface area contributed by atoms with Gasteiger partial charge in [-0.3, -0.25) is 14.6 Å². The van der Waals surface area contributed by atoms with E-state index in [1.54, 1.807) is 30.0 Å². The lowest BCUT2D eigenvalue weighted by molar-refractivity contribution is -0.137. The van der Waals surface area contributed by atoms with Crippen molar-refractivity contribution in [1.29, 1.82) is 0 Å². The highest BCUT2D eigenvalue weighted by atomic mass is 35.5. The fourth-order valence-corrected chi connectivity index (χ4v) is 5.66. The van der Waals surface area contributed by atoms with Crippen LogP contribution in [-0.2, 0) is 17.3 Å². The van der Waals surface area contributed by atoms with E-state index in [4.69, 9.17) is 16.3 Å². The summed E-state index contributed by atoms with van der Waals surface area (Å²) in [7, 11) is 3.34. The molecule has 41 heavy (non-hydrogen) atoms. The zero-order valence-corrected chi connectivity index (χ0v) is 26.3. The molecule has 0 radical (unpaired) electrons. The van der Waals surface area contributed by atoms with E-state index >= 15 is 0 Å². The quantitative estimate of drug-likeness (QED) is 0.386. The molecule has 0 bridgehead atoms. The van der Waals surface area contributed by atoms with Gasteiger partial charge in [0.1, 0.15) is 0 Å². The van der Waals surface area contributed by atoms with Gasteiger partial charge in [0.2, 0.25) is 0 Å². The Bertz CT molecular complexity index is 1130. The third-order valence-electron chi connectivity index (χ3n) is 7.45. The number of morpholine rings is 1. The van der Waals surface area contributed by atoms with Crippen LogP contribution >= 0.6 is 36.4 Å². The van der Waals surface area contributed by atoms with Crippen molar-refractivity contribution >= 4 is 48.0 Å². The van der Waals surface area contributed by atoms with Crippen molar-refractivity contribution in [2.24, 2.45) is 0 Å². The Hall–Kier alpha value is -1.75. The molecule has 2 aliphatic rings. The average Bonchev–Trinajstić information content (AvgIpc) is 2.87. The first kappa shape index (κ1) is 35.4. The van der Waals surface area contributed by atoms with Crippen molar-refractivity contribution < 1.29 is 22.7 Å². The summed E-state index contributed by atoms with van der Waals surface area (Å²) in [5.74, 6) is -0.376. The van der Waals surface area contributed by atoms with Gasteiger partial charge in [0, 0.05) is 82.2 Å². The van der Waals surface area contributed by atoms with Crippen molar-refractivity contribution in [2.45, 2.75) is 44.7 Å². The molecule has 2 aliphatic heterocycles. The number of anilines is 1. The van der Waals surface area contributed by atoms with Gasteiger partial charge in [-0.2, -0.15) is 13.2 Å². The summed E-state index contributed by atoms with van der Waals surface area (Å²) in [4.78, 5) is 21.9. The third-order valence-corrected chi connectivity index (χ3v) is 7.70. The van der Waals surface area contributed by atoms with E-state index in [1.165, 1.54) is 0 Å². The Morgan fingerprint density at radius 2 is 1.56 bits per heavy atom. The van der Waals surface area contributed by atoms with E-state index in [0.29, 0.717) is 36.8 Å². The Kier molecular flexibility index (Phi) is 13.1. The van der Waals surface area contributed by atoms with Crippen LogP contribution in [0.3, 0.4) is 0 Å². The first-order valence-corrected chi connectivity index (χ1v) is 13.8. The zero-order chi connectivity index (χ0) is 28.3. The Morgan fingerprint density at radius 1 is 0.951 bits per heavy atom. The van der Waals surface area contributed by atoms with Crippen molar-refractivity contribution in [3.63, 3.8) is 0 Å². The number of benzene rings is 2. The van der Waals surface area contributed by atoms with E-state index in [-0.39, 0.29) is 54.5 Å². The minimum atomic E-state index is -4.54. The summed E-state index contributed by atoms with van der Waals surface area (Å²) in [5.41, 5.74) is 0.603. The summed E-state index contributed by atoms with van der Waals surface area (Å²) in [5, 5.41) is 0.631. The van der Waals surface area contributed by atoms with Gasteiger partial charge in [0.05, 0.1) is 17.8 Å². The smallest absolute Gasteiger partial charge is 0.378 e. The summed E-state index contributed by atoms with van der Waals surface area (Å²) < 4.78 is 46.9. The molecule has 2 fully saturated rings. The van der Waals surface area contributed by atoms with E-state index in [2.05, 4.69) is 23.6 Å². The number of ether oxygens (including phenoxy) is 1. The van der Waals surface area contributed by atoms with Crippen LogP contribution in [0.5, 0.6) is 0 Å². The van der Waals surface area contributed by atoms with Gasteiger partial charge in [-0.05, 0) is 56.2 Å². The highest BCUT2D eigenvalue weighted by Crippen LogP contribution is 2.33. The lowest BCUT2D eigenvalue weighted by atomic mass is 10.00. The van der Waals surface area contributed by atoms with Gasteiger partial charge in [-0.1, -0.05) is 23.7 Å². The number of rotatable bonds is 7. The largest absolute Gasteiger partial charge is 0.416 e. The molecule has 4 rings (SSSR count). The molecule has 1 amide bonds. The minimum absolute atomic E-state index is 0. The van der Waals surface area contributed by atoms with Crippen molar-refractivity contribution in [3.8, 4) is 0 Å². The molecule has 230 valence electrons. The van der Waals surface area contributed by atoms with E-state index < -0.39 is 11.7 Å². The van der Waals surface area contributed by atoms with E-state index in [0.717, 1.165) is 43.9 Å². The number of carbonyl (C=O) groups is 1. The van der Waals surface area contributed by atoms with E-state index in [1.807, 2.05) is 24.3 Å². The maximum atomic E-state index is 13.8. The fourth-order valence-electron chi connectivity index (χ4n) is 5.53. The highest BCUT2D eigenvalue weighted by molar-refractivity contribution is 6.30. The normalized spacial score (nSPS) is 22.0. The van der Waals surface area contributed by atoms with Gasteiger partial charge < -0.3 is 14.5 Å². The fraction of sp³-hybridized carbons (Fsp3) is 0.552. The number of hydrogen-bond donors (Lipinski definition) is 0. The van der Waals surface area contributed by atoms with Gasteiger partial charge in [-0.25, -0.2) is 0 Å². The Labute approximate surface area is 258 Å². The first-order valence-electron chi connectivity index (χ1n) is 13.4. The molecule has 2 heterocycles.